The number of hydrogen-bond acceptors (Lipinski definition) is 2. The van der Waals surface area contributed by atoms with Crippen molar-refractivity contribution in [3.63, 3.8) is 0 Å². The first-order valence-electron chi connectivity index (χ1n) is 9.06. The lowest BCUT2D eigenvalue weighted by molar-refractivity contribution is -0.140. The zero-order valence-electron chi connectivity index (χ0n) is 14.4. The summed E-state index contributed by atoms with van der Waals surface area (Å²) in [6.45, 7) is 1.51. The molecule has 2 aliphatic heterocycles. The van der Waals surface area contributed by atoms with Gasteiger partial charge in [0.1, 0.15) is 5.75 Å². The molecule has 2 unspecified atom stereocenters. The minimum absolute atomic E-state index is 0.0697. The van der Waals surface area contributed by atoms with Crippen LogP contribution in [0.25, 0.3) is 0 Å². The van der Waals surface area contributed by atoms with Gasteiger partial charge in [0, 0.05) is 31.4 Å². The minimum atomic E-state index is -0.430. The van der Waals surface area contributed by atoms with Crippen molar-refractivity contribution in [1.29, 1.82) is 0 Å². The third-order valence-corrected chi connectivity index (χ3v) is 5.36. The summed E-state index contributed by atoms with van der Waals surface area (Å²) in [5, 5.41) is 0. The van der Waals surface area contributed by atoms with Gasteiger partial charge in [0.15, 0.2) is 6.10 Å². The van der Waals surface area contributed by atoms with Gasteiger partial charge >= 0.3 is 0 Å². The van der Waals surface area contributed by atoms with E-state index < -0.39 is 6.10 Å². The van der Waals surface area contributed by atoms with Crippen molar-refractivity contribution < 1.29 is 9.53 Å². The summed E-state index contributed by atoms with van der Waals surface area (Å²) in [5.41, 5.74) is 3.41. The average Bonchev–Trinajstić information content (AvgIpc) is 3.33. The highest BCUT2D eigenvalue weighted by Crippen LogP contribution is 2.35. The van der Waals surface area contributed by atoms with Crippen molar-refractivity contribution in [2.75, 3.05) is 6.54 Å². The maximum atomic E-state index is 13.4. The van der Waals surface area contributed by atoms with Crippen LogP contribution >= 0.6 is 0 Å². The molecule has 4 nitrogen and oxygen atoms in total. The van der Waals surface area contributed by atoms with Crippen LogP contribution in [0.1, 0.15) is 22.9 Å². The lowest BCUT2D eigenvalue weighted by Crippen LogP contribution is -2.48. The van der Waals surface area contributed by atoms with E-state index in [4.69, 9.17) is 4.74 Å². The molecule has 2 aromatic carbocycles. The predicted molar refractivity (Wildman–Crippen MR) is 99.0 cm³/mol. The number of carbonyl (C=O) groups excluding carboxylic acids is 1. The third-order valence-electron chi connectivity index (χ3n) is 5.36. The third kappa shape index (κ3) is 2.41. The fourth-order valence-corrected chi connectivity index (χ4v) is 4.11. The van der Waals surface area contributed by atoms with E-state index in [1.807, 2.05) is 47.4 Å². The van der Waals surface area contributed by atoms with Crippen molar-refractivity contribution >= 4 is 5.91 Å². The van der Waals surface area contributed by atoms with Crippen molar-refractivity contribution in [2.45, 2.75) is 25.1 Å². The summed E-state index contributed by atoms with van der Waals surface area (Å²) in [6.07, 6.45) is 2.31. The highest BCUT2D eigenvalue weighted by molar-refractivity contribution is 5.83. The number of fused-ring (bicyclic) bond motifs is 2. The van der Waals surface area contributed by atoms with Gasteiger partial charge in [-0.2, -0.15) is 0 Å². The average molecular weight is 344 g/mol. The Balaban J connectivity index is 1.49. The Morgan fingerprint density at radius 3 is 2.58 bits per heavy atom. The Hall–Kier alpha value is -3.01. The topological polar surface area (TPSA) is 34.5 Å². The first-order valence-corrected chi connectivity index (χ1v) is 9.06. The van der Waals surface area contributed by atoms with Gasteiger partial charge in [0.25, 0.3) is 5.91 Å². The van der Waals surface area contributed by atoms with Gasteiger partial charge in [0.05, 0.1) is 6.04 Å². The molecule has 2 atom stereocenters. The van der Waals surface area contributed by atoms with E-state index in [-0.39, 0.29) is 11.9 Å². The quantitative estimate of drug-likeness (QED) is 0.714. The van der Waals surface area contributed by atoms with E-state index in [0.717, 1.165) is 29.1 Å². The highest BCUT2D eigenvalue weighted by Gasteiger charge is 2.38. The molecule has 3 heterocycles. The SMILES string of the molecule is O=C(C1Cc2ccccc2O1)N1CCn2cccc2C1c1ccccc1. The second kappa shape index (κ2) is 6.06. The molecule has 0 bridgehead atoms. The number of aromatic nitrogens is 1. The minimum Gasteiger partial charge on any atom is -0.480 e. The first kappa shape index (κ1) is 15.3. The molecule has 0 saturated carbocycles. The fourth-order valence-electron chi connectivity index (χ4n) is 4.11. The van der Waals surface area contributed by atoms with E-state index in [0.29, 0.717) is 13.0 Å². The van der Waals surface area contributed by atoms with Gasteiger partial charge in [0.2, 0.25) is 0 Å². The van der Waals surface area contributed by atoms with Crippen LogP contribution in [0.3, 0.4) is 0 Å². The fraction of sp³-hybridized carbons (Fsp3) is 0.227. The van der Waals surface area contributed by atoms with Crippen LogP contribution in [-0.4, -0.2) is 28.0 Å². The molecule has 0 aliphatic carbocycles. The monoisotopic (exact) mass is 344 g/mol. The number of benzene rings is 2. The van der Waals surface area contributed by atoms with Gasteiger partial charge in [-0.25, -0.2) is 0 Å². The number of rotatable bonds is 2. The summed E-state index contributed by atoms with van der Waals surface area (Å²) in [5.74, 6) is 0.907. The standard InChI is InChI=1S/C22H20N2O2/c25-22(20-15-17-9-4-5-11-19(17)26-20)24-14-13-23-12-6-10-18(23)21(24)16-7-2-1-3-8-16/h1-12,20-21H,13-15H2. The number of nitrogens with zero attached hydrogens (tertiary/aromatic N) is 2. The molecule has 0 spiro atoms. The molecule has 1 amide bonds. The molecule has 5 rings (SSSR count). The lowest BCUT2D eigenvalue weighted by Gasteiger charge is -2.38. The van der Waals surface area contributed by atoms with Crippen molar-refractivity contribution in [3.8, 4) is 5.75 Å². The number of ether oxygens (including phenoxy) is 1. The van der Waals surface area contributed by atoms with Gasteiger partial charge < -0.3 is 14.2 Å². The molecule has 0 N–H and O–H groups in total. The van der Waals surface area contributed by atoms with Crippen molar-refractivity contribution in [1.82, 2.24) is 9.47 Å². The second-order valence-electron chi connectivity index (χ2n) is 6.89. The largest absolute Gasteiger partial charge is 0.480 e. The zero-order valence-corrected chi connectivity index (χ0v) is 14.4. The molecule has 0 radical (unpaired) electrons. The smallest absolute Gasteiger partial charge is 0.264 e. The predicted octanol–water partition coefficient (Wildman–Crippen LogP) is 3.42. The van der Waals surface area contributed by atoms with Gasteiger partial charge in [-0.1, -0.05) is 48.5 Å². The summed E-state index contributed by atoms with van der Waals surface area (Å²) in [4.78, 5) is 15.4. The van der Waals surface area contributed by atoms with E-state index in [9.17, 15) is 4.79 Å². The van der Waals surface area contributed by atoms with Gasteiger partial charge in [-0.3, -0.25) is 4.79 Å². The molecular weight excluding hydrogens is 324 g/mol. The van der Waals surface area contributed by atoms with E-state index >= 15 is 0 Å². The maximum absolute atomic E-state index is 13.4. The van der Waals surface area contributed by atoms with Crippen molar-refractivity contribution in [2.24, 2.45) is 0 Å². The van der Waals surface area contributed by atoms with Gasteiger partial charge in [-0.05, 0) is 29.3 Å². The molecule has 0 fully saturated rings. The Morgan fingerprint density at radius 1 is 0.923 bits per heavy atom. The highest BCUT2D eigenvalue weighted by atomic mass is 16.5. The summed E-state index contributed by atoms with van der Waals surface area (Å²) in [7, 11) is 0. The summed E-state index contributed by atoms with van der Waals surface area (Å²) < 4.78 is 8.22. The molecule has 1 aromatic heterocycles. The maximum Gasteiger partial charge on any atom is 0.264 e. The normalized spacial score (nSPS) is 21.0. The van der Waals surface area contributed by atoms with Gasteiger partial charge in [-0.15, -0.1) is 0 Å². The van der Waals surface area contributed by atoms with Crippen LogP contribution in [0.15, 0.2) is 72.9 Å². The Bertz CT molecular complexity index is 923. The zero-order chi connectivity index (χ0) is 17.5. The van der Waals surface area contributed by atoms with Crippen LogP contribution in [0.5, 0.6) is 5.75 Å². The van der Waals surface area contributed by atoms with E-state index in [1.54, 1.807) is 0 Å². The molecule has 0 saturated heterocycles. The molecule has 26 heavy (non-hydrogen) atoms. The summed E-state index contributed by atoms with van der Waals surface area (Å²) >= 11 is 0. The second-order valence-corrected chi connectivity index (χ2v) is 6.89. The molecule has 4 heteroatoms. The van der Waals surface area contributed by atoms with E-state index in [2.05, 4.69) is 35.0 Å². The number of para-hydroxylation sites is 1. The van der Waals surface area contributed by atoms with Crippen LogP contribution in [0, 0.1) is 0 Å². The molecule has 3 aromatic rings. The van der Waals surface area contributed by atoms with E-state index in [1.165, 1.54) is 0 Å². The lowest BCUT2D eigenvalue weighted by atomic mass is 9.98. The first-order chi connectivity index (χ1) is 12.8. The Kier molecular flexibility index (Phi) is 3.56. The number of hydrogen-bond donors (Lipinski definition) is 0. The Labute approximate surface area is 152 Å². The van der Waals surface area contributed by atoms with Crippen LogP contribution < -0.4 is 4.74 Å². The molecular formula is C22H20N2O2. The van der Waals surface area contributed by atoms with Crippen LogP contribution in [-0.2, 0) is 17.8 Å². The molecule has 130 valence electrons. The van der Waals surface area contributed by atoms with Crippen LogP contribution in [0.4, 0.5) is 0 Å². The summed E-state index contributed by atoms with van der Waals surface area (Å²) in [6, 6.07) is 22.3. The number of amides is 1. The van der Waals surface area contributed by atoms with Crippen LogP contribution in [0.2, 0.25) is 0 Å². The molecule has 2 aliphatic rings. The number of carbonyl (C=O) groups is 1. The Morgan fingerprint density at radius 2 is 1.73 bits per heavy atom. The van der Waals surface area contributed by atoms with Crippen molar-refractivity contribution in [3.05, 3.63) is 89.7 Å².